The third kappa shape index (κ3) is 4.11. The Balaban J connectivity index is 1.53. The molecule has 1 fully saturated rings. The molecule has 2 aromatic heterocycles. The van der Waals surface area contributed by atoms with Crippen LogP contribution in [0.25, 0.3) is 5.82 Å². The summed E-state index contributed by atoms with van der Waals surface area (Å²) in [5, 5.41) is 8.63. The van der Waals surface area contributed by atoms with E-state index < -0.39 is 6.04 Å². The Kier molecular flexibility index (Phi) is 4.92. The van der Waals surface area contributed by atoms with Crippen molar-refractivity contribution < 1.29 is 9.59 Å². The number of aryl methyl sites for hydroxylation is 2. The molecule has 25 heavy (non-hydrogen) atoms. The molecule has 0 spiro atoms. The molecule has 0 bridgehead atoms. The Bertz CT molecular complexity index is 787. The van der Waals surface area contributed by atoms with Crippen molar-refractivity contribution in [3.05, 3.63) is 30.1 Å². The highest BCUT2D eigenvalue weighted by Gasteiger charge is 2.26. The topological polar surface area (TPSA) is 114 Å². The van der Waals surface area contributed by atoms with E-state index in [2.05, 4.69) is 30.9 Å². The van der Waals surface area contributed by atoms with Crippen LogP contribution in [0, 0.1) is 13.8 Å². The van der Waals surface area contributed by atoms with Gasteiger partial charge in [-0.2, -0.15) is 0 Å². The van der Waals surface area contributed by atoms with Gasteiger partial charge in [-0.15, -0.1) is 0 Å². The van der Waals surface area contributed by atoms with Crippen LogP contribution in [0.5, 0.6) is 0 Å². The predicted octanol–water partition coefficient (Wildman–Crippen LogP) is 0.0858. The number of nitrogens with one attached hydrogen (secondary N) is 3. The quantitative estimate of drug-likeness (QED) is 0.641. The molecule has 1 atom stereocenters. The van der Waals surface area contributed by atoms with Gasteiger partial charge in [0.1, 0.15) is 29.3 Å². The molecule has 2 amide bonds. The average molecular weight is 343 g/mol. The van der Waals surface area contributed by atoms with Gasteiger partial charge in [-0.05, 0) is 20.3 Å². The number of hydrogen-bond donors (Lipinski definition) is 3. The number of nitrogens with zero attached hydrogens (tertiary/aromatic N) is 4. The van der Waals surface area contributed by atoms with Crippen LogP contribution < -0.4 is 16.0 Å². The Labute approximate surface area is 145 Å². The number of hydrogen-bond acceptors (Lipinski definition) is 6. The number of aromatic nitrogens is 4. The van der Waals surface area contributed by atoms with Gasteiger partial charge < -0.3 is 16.0 Å². The van der Waals surface area contributed by atoms with E-state index in [-0.39, 0.29) is 11.8 Å². The van der Waals surface area contributed by atoms with Crippen LogP contribution in [0.4, 0.5) is 5.82 Å². The van der Waals surface area contributed by atoms with E-state index >= 15 is 0 Å². The number of rotatable bonds is 6. The van der Waals surface area contributed by atoms with Gasteiger partial charge in [0.15, 0.2) is 0 Å². The van der Waals surface area contributed by atoms with Crippen molar-refractivity contribution in [1.29, 1.82) is 0 Å². The fourth-order valence-corrected chi connectivity index (χ4v) is 2.70. The van der Waals surface area contributed by atoms with Gasteiger partial charge in [-0.1, -0.05) is 0 Å². The van der Waals surface area contributed by atoms with E-state index in [9.17, 15) is 9.59 Å². The van der Waals surface area contributed by atoms with Crippen LogP contribution in [0.15, 0.2) is 18.5 Å². The first kappa shape index (κ1) is 16.9. The number of amides is 2. The van der Waals surface area contributed by atoms with Crippen LogP contribution in [0.2, 0.25) is 0 Å². The molecule has 3 N–H and O–H groups in total. The highest BCUT2D eigenvalue weighted by atomic mass is 16.2. The normalized spacial score (nSPS) is 16.6. The third-order valence-corrected chi connectivity index (χ3v) is 3.94. The van der Waals surface area contributed by atoms with E-state index in [0.29, 0.717) is 37.6 Å². The summed E-state index contributed by atoms with van der Waals surface area (Å²) in [6, 6.07) is 1.42. The van der Waals surface area contributed by atoms with Crippen LogP contribution in [0.1, 0.15) is 24.5 Å². The van der Waals surface area contributed by atoms with Gasteiger partial charge in [0, 0.05) is 38.0 Å². The second-order valence-corrected chi connectivity index (χ2v) is 5.88. The number of carbonyl (C=O) groups excluding carboxylic acids is 2. The molecule has 0 aliphatic carbocycles. The minimum atomic E-state index is -0.412. The average Bonchev–Trinajstić information content (AvgIpc) is 3.19. The fourth-order valence-electron chi connectivity index (χ4n) is 2.70. The second kappa shape index (κ2) is 7.29. The lowest BCUT2D eigenvalue weighted by Gasteiger charge is -2.12. The summed E-state index contributed by atoms with van der Waals surface area (Å²) in [5.41, 5.74) is 0. The number of imidazole rings is 1. The van der Waals surface area contributed by atoms with Crippen molar-refractivity contribution in [2.75, 3.05) is 18.4 Å². The first-order valence-corrected chi connectivity index (χ1v) is 8.20. The molecule has 1 aliphatic heterocycles. The van der Waals surface area contributed by atoms with Gasteiger partial charge in [0.2, 0.25) is 11.8 Å². The zero-order valence-corrected chi connectivity index (χ0v) is 14.2. The molecule has 1 aliphatic rings. The van der Waals surface area contributed by atoms with Crippen LogP contribution in [0.3, 0.4) is 0 Å². The Morgan fingerprint density at radius 1 is 1.36 bits per heavy atom. The molecule has 9 nitrogen and oxygen atoms in total. The molecule has 0 aromatic carbocycles. The second-order valence-electron chi connectivity index (χ2n) is 5.88. The predicted molar refractivity (Wildman–Crippen MR) is 91.3 cm³/mol. The zero-order valence-electron chi connectivity index (χ0n) is 14.2. The molecule has 3 heterocycles. The van der Waals surface area contributed by atoms with E-state index in [4.69, 9.17) is 0 Å². The maximum Gasteiger partial charge on any atom is 0.242 e. The minimum absolute atomic E-state index is 0.0722. The minimum Gasteiger partial charge on any atom is -0.368 e. The first-order valence-electron chi connectivity index (χ1n) is 8.20. The van der Waals surface area contributed by atoms with Gasteiger partial charge in [-0.3, -0.25) is 14.2 Å². The monoisotopic (exact) mass is 343 g/mol. The zero-order chi connectivity index (χ0) is 17.8. The molecule has 0 saturated carbocycles. The summed E-state index contributed by atoms with van der Waals surface area (Å²) in [6.07, 6.45) is 4.53. The highest BCUT2D eigenvalue weighted by molar-refractivity contribution is 5.90. The van der Waals surface area contributed by atoms with E-state index in [0.717, 1.165) is 11.6 Å². The fraction of sp³-hybridized carbons (Fsp3) is 0.438. The summed E-state index contributed by atoms with van der Waals surface area (Å²) in [5.74, 6) is 2.68. The summed E-state index contributed by atoms with van der Waals surface area (Å²) in [7, 11) is 0. The van der Waals surface area contributed by atoms with Crippen molar-refractivity contribution in [2.45, 2.75) is 32.7 Å². The van der Waals surface area contributed by atoms with Crippen molar-refractivity contribution in [3.8, 4) is 5.82 Å². The lowest BCUT2D eigenvalue weighted by molar-refractivity contribution is -0.125. The first-order chi connectivity index (χ1) is 12.0. The summed E-state index contributed by atoms with van der Waals surface area (Å²) in [6.45, 7) is 4.69. The smallest absolute Gasteiger partial charge is 0.242 e. The number of anilines is 1. The van der Waals surface area contributed by atoms with Gasteiger partial charge in [-0.25, -0.2) is 15.0 Å². The Morgan fingerprint density at radius 3 is 2.88 bits per heavy atom. The molecule has 0 radical (unpaired) electrons. The Hall–Kier alpha value is -2.97. The molecular formula is C16H21N7O2. The maximum atomic E-state index is 11.9. The molecule has 132 valence electrons. The van der Waals surface area contributed by atoms with Crippen molar-refractivity contribution in [1.82, 2.24) is 30.2 Å². The lowest BCUT2D eigenvalue weighted by Crippen LogP contribution is -2.43. The van der Waals surface area contributed by atoms with Crippen molar-refractivity contribution in [3.63, 3.8) is 0 Å². The molecule has 1 saturated heterocycles. The van der Waals surface area contributed by atoms with Crippen molar-refractivity contribution in [2.24, 2.45) is 0 Å². The highest BCUT2D eigenvalue weighted by Crippen LogP contribution is 2.12. The van der Waals surface area contributed by atoms with Crippen LogP contribution in [-0.4, -0.2) is 50.5 Å². The molecule has 9 heteroatoms. The number of carbonyl (C=O) groups is 2. The molecule has 1 unspecified atom stereocenters. The van der Waals surface area contributed by atoms with E-state index in [1.807, 2.05) is 30.7 Å². The van der Waals surface area contributed by atoms with Crippen LogP contribution in [-0.2, 0) is 9.59 Å². The Morgan fingerprint density at radius 2 is 2.20 bits per heavy atom. The maximum absolute atomic E-state index is 11.9. The van der Waals surface area contributed by atoms with E-state index in [1.165, 1.54) is 0 Å². The third-order valence-electron chi connectivity index (χ3n) is 3.94. The standard InChI is InChI=1S/C16H21N7O2/c1-10-20-13(9-14(21-10)23-8-7-17-11(23)2)18-5-6-19-16(25)12-3-4-15(24)22-12/h7-9,12H,3-6H2,1-2H3,(H,19,25)(H,22,24)(H,18,20,21). The molecule has 2 aromatic rings. The van der Waals surface area contributed by atoms with E-state index in [1.54, 1.807) is 6.20 Å². The van der Waals surface area contributed by atoms with Gasteiger partial charge in [0.25, 0.3) is 0 Å². The van der Waals surface area contributed by atoms with Crippen molar-refractivity contribution >= 4 is 17.6 Å². The largest absolute Gasteiger partial charge is 0.368 e. The lowest BCUT2D eigenvalue weighted by atomic mass is 10.2. The van der Waals surface area contributed by atoms with Gasteiger partial charge in [0.05, 0.1) is 0 Å². The summed E-state index contributed by atoms with van der Waals surface area (Å²) < 4.78 is 1.88. The SMILES string of the molecule is Cc1nc(NCCNC(=O)C2CCC(=O)N2)cc(-n2ccnc2C)n1. The summed E-state index contributed by atoms with van der Waals surface area (Å²) >= 11 is 0. The molecular weight excluding hydrogens is 322 g/mol. The summed E-state index contributed by atoms with van der Waals surface area (Å²) in [4.78, 5) is 36.0. The van der Waals surface area contributed by atoms with Gasteiger partial charge >= 0.3 is 0 Å². The van der Waals surface area contributed by atoms with Crippen LogP contribution >= 0.6 is 0 Å². The molecule has 3 rings (SSSR count).